The van der Waals surface area contributed by atoms with Gasteiger partial charge in [0.05, 0.1) is 25.3 Å². The molecule has 0 radical (unpaired) electrons. The highest BCUT2D eigenvalue weighted by molar-refractivity contribution is 6.35. The fourth-order valence-electron chi connectivity index (χ4n) is 9.37. The van der Waals surface area contributed by atoms with E-state index in [-0.39, 0.29) is 49.6 Å². The van der Waals surface area contributed by atoms with Crippen LogP contribution in [0.2, 0.25) is 5.02 Å². The van der Waals surface area contributed by atoms with Crippen molar-refractivity contribution in [1.82, 2.24) is 31.5 Å². The van der Waals surface area contributed by atoms with Crippen LogP contribution >= 0.6 is 11.6 Å². The van der Waals surface area contributed by atoms with Crippen molar-refractivity contribution in [2.45, 2.75) is 147 Å². The average molecular weight is 1070 g/mol. The molecule has 412 valence electrons. The Morgan fingerprint density at radius 3 is 2.37 bits per heavy atom. The number of hydrogen-bond donors (Lipinski definition) is 7. The highest BCUT2D eigenvalue weighted by atomic mass is 35.5. The van der Waals surface area contributed by atoms with E-state index in [4.69, 9.17) is 41.0 Å². The van der Waals surface area contributed by atoms with E-state index in [1.54, 1.807) is 58.1 Å². The maximum atomic E-state index is 14.4. The van der Waals surface area contributed by atoms with Crippen LogP contribution in [0.4, 0.5) is 15.3 Å². The first kappa shape index (κ1) is 59.4. The van der Waals surface area contributed by atoms with E-state index in [1.165, 1.54) is 58.0 Å². The average Bonchev–Trinajstić information content (AvgIpc) is 4.05. The molecule has 22 nitrogen and oxygen atoms in total. The van der Waals surface area contributed by atoms with Gasteiger partial charge in [0.2, 0.25) is 29.5 Å². The summed E-state index contributed by atoms with van der Waals surface area (Å²) in [6, 6.07) is -0.399. The maximum Gasteiger partial charge on any atom is 0.409 e. The smallest absolute Gasteiger partial charge is 0.409 e. The standard InChI is InChI=1S/C52H73ClN8O14/c1-27(2)43(56-31(6)62)46(65)58-35(15-13-21-55-49(54)68)45(64)57-34-19-17-33(18-20-34)47(66)60(8)30(5)48(67)74-40-25-41(63)61(9)36-23-32(24-37(71-10)42(36)53)22-28(3)14-12-16-39(72-11)52(70)26-38(73-50(69)59-52)29(4)44-51(40,7)75-44/h12,14,16-17,19,23-24,27,29-30,35,38-40,43-44,70H,13,15,18,20-22,25-26H2,1-11H3,(H,56,62)(H,57,64)(H,58,65)(H,59,69)(H3,54,55,68)/b16-12+,28-14+/t29-,30+,35+,38+,39-,40+,43+,44+,51+,52+/m1/s1. The van der Waals surface area contributed by atoms with Crippen molar-refractivity contribution in [3.63, 3.8) is 0 Å². The van der Waals surface area contributed by atoms with Crippen LogP contribution in [0.15, 0.2) is 59.4 Å². The maximum absolute atomic E-state index is 14.4. The topological polar surface area (TPSA) is 299 Å². The molecule has 8 N–H and O–H groups in total. The lowest BCUT2D eigenvalue weighted by molar-refractivity contribution is -0.161. The second-order valence-corrected chi connectivity index (χ2v) is 20.5. The Kier molecular flexibility index (Phi) is 20.1. The van der Waals surface area contributed by atoms with Gasteiger partial charge in [0, 0.05) is 58.3 Å². The molecular formula is C52H73ClN8O14. The Balaban J connectivity index is 1.37. The number of nitrogens with two attached hydrogens (primary N) is 1. The molecule has 2 saturated heterocycles. The van der Waals surface area contributed by atoms with E-state index in [0.717, 1.165) is 11.1 Å². The van der Waals surface area contributed by atoms with E-state index in [9.17, 15) is 43.5 Å². The number of primary amides is 1. The minimum absolute atomic E-state index is 0.114. The van der Waals surface area contributed by atoms with Crippen molar-refractivity contribution in [2.24, 2.45) is 17.6 Å². The van der Waals surface area contributed by atoms with Gasteiger partial charge in [-0.25, -0.2) is 14.4 Å². The van der Waals surface area contributed by atoms with Crippen LogP contribution in [-0.4, -0.2) is 146 Å². The van der Waals surface area contributed by atoms with Gasteiger partial charge < -0.3 is 65.6 Å². The van der Waals surface area contributed by atoms with Gasteiger partial charge in [0.25, 0.3) is 0 Å². The normalized spacial score (nSPS) is 27.1. The number of epoxide rings is 1. The number of nitrogens with zero attached hydrogens (tertiary/aromatic N) is 2. The van der Waals surface area contributed by atoms with Crippen LogP contribution in [0.1, 0.15) is 92.6 Å². The number of anilines is 1. The predicted octanol–water partition coefficient (Wildman–Crippen LogP) is 3.33. The van der Waals surface area contributed by atoms with Gasteiger partial charge >= 0.3 is 18.1 Å². The Morgan fingerprint density at radius 1 is 1.05 bits per heavy atom. The number of benzene rings is 1. The van der Waals surface area contributed by atoms with Crippen LogP contribution < -0.4 is 42.0 Å². The Morgan fingerprint density at radius 2 is 1.76 bits per heavy atom. The molecule has 3 heterocycles. The number of alkyl carbamates (subject to hydrolysis) is 1. The lowest BCUT2D eigenvalue weighted by atomic mass is 9.83. The molecule has 0 unspecified atom stereocenters. The highest BCUT2D eigenvalue weighted by Gasteiger charge is 2.64. The molecule has 10 atom stereocenters. The molecule has 23 heteroatoms. The monoisotopic (exact) mass is 1070 g/mol. The molecule has 2 fully saturated rings. The van der Waals surface area contributed by atoms with Crippen molar-refractivity contribution in [3.8, 4) is 5.75 Å². The van der Waals surface area contributed by atoms with Gasteiger partial charge in [-0.1, -0.05) is 62.2 Å². The van der Waals surface area contributed by atoms with E-state index < -0.39 is 114 Å². The van der Waals surface area contributed by atoms with E-state index in [0.29, 0.717) is 29.1 Å². The van der Waals surface area contributed by atoms with E-state index in [2.05, 4.69) is 26.6 Å². The summed E-state index contributed by atoms with van der Waals surface area (Å²) in [6.45, 7) is 11.7. The van der Waals surface area contributed by atoms with Gasteiger partial charge in [-0.15, -0.1) is 0 Å². The molecule has 8 amide bonds. The molecule has 0 aromatic heterocycles. The molecule has 3 aliphatic heterocycles. The van der Waals surface area contributed by atoms with E-state index in [1.807, 2.05) is 13.0 Å². The summed E-state index contributed by atoms with van der Waals surface area (Å²) in [4.78, 5) is 108. The molecule has 1 aromatic carbocycles. The Bertz CT molecular complexity index is 2500. The SMILES string of the molecule is COc1cc2cc(c1Cl)N(C)C(=O)C[C@H](OC(=O)[C@H](C)N(C)C(=O)C1=CC=C(NC(=O)[C@H](CCCNC(N)=O)NC(=O)[C@@H](NC(C)=O)C(C)C)CC1)[C@]1(C)O[C@H]1[C@H](C)[C@@H]1C[C@@](O)(NC(=O)O1)[C@H](OC)/C=C/C=C(\C)C2. The molecule has 75 heavy (non-hydrogen) atoms. The number of carbonyl (C=O) groups excluding carboxylic acids is 8. The van der Waals surface area contributed by atoms with Crippen molar-refractivity contribution in [1.29, 1.82) is 0 Å². The number of amides is 8. The first-order valence-electron chi connectivity index (χ1n) is 24.9. The fourth-order valence-corrected chi connectivity index (χ4v) is 9.68. The summed E-state index contributed by atoms with van der Waals surface area (Å²) in [7, 11) is 5.83. The molecule has 0 saturated carbocycles. The summed E-state index contributed by atoms with van der Waals surface area (Å²) >= 11 is 6.83. The first-order chi connectivity index (χ1) is 35.2. The summed E-state index contributed by atoms with van der Waals surface area (Å²) in [5.74, 6) is -4.02. The number of allylic oxidation sites excluding steroid dienone is 6. The fraction of sp³-hybridized carbons (Fsp3) is 0.577. The Hall–Kier alpha value is -6.49. The number of rotatable bonds is 16. The molecule has 0 spiro atoms. The summed E-state index contributed by atoms with van der Waals surface area (Å²) in [5, 5.41) is 25.1. The number of halogens is 1. The lowest BCUT2D eigenvalue weighted by Gasteiger charge is -2.42. The highest BCUT2D eigenvalue weighted by Crippen LogP contribution is 2.49. The van der Waals surface area contributed by atoms with Gasteiger partial charge in [0.1, 0.15) is 52.8 Å². The number of ether oxygens (including phenoxy) is 5. The van der Waals surface area contributed by atoms with Crippen LogP contribution in [-0.2, 0) is 54.1 Å². The van der Waals surface area contributed by atoms with Crippen LogP contribution in [0, 0.1) is 11.8 Å². The number of urea groups is 1. The molecule has 1 aromatic rings. The van der Waals surface area contributed by atoms with Gasteiger partial charge in [0.15, 0.2) is 5.72 Å². The summed E-state index contributed by atoms with van der Waals surface area (Å²) < 4.78 is 29.5. The van der Waals surface area contributed by atoms with Gasteiger partial charge in [-0.05, 0) is 82.6 Å². The molecule has 5 rings (SSSR count). The largest absolute Gasteiger partial charge is 0.495 e. The molecular weight excluding hydrogens is 996 g/mol. The minimum Gasteiger partial charge on any atom is -0.495 e. The number of likely N-dealkylation sites (N-methyl/N-ethyl adjacent to an activating group) is 1. The van der Waals surface area contributed by atoms with Gasteiger partial charge in [-0.3, -0.25) is 29.3 Å². The minimum atomic E-state index is -1.90. The predicted molar refractivity (Wildman–Crippen MR) is 276 cm³/mol. The van der Waals surface area contributed by atoms with Crippen LogP contribution in [0.5, 0.6) is 5.75 Å². The molecule has 1 aliphatic carbocycles. The van der Waals surface area contributed by atoms with Crippen molar-refractivity contribution < 1.29 is 67.1 Å². The van der Waals surface area contributed by atoms with Crippen molar-refractivity contribution in [3.05, 3.63) is 69.9 Å². The third-order valence-corrected chi connectivity index (χ3v) is 14.4. The zero-order valence-corrected chi connectivity index (χ0v) is 45.3. The zero-order valence-electron chi connectivity index (χ0n) is 44.5. The second-order valence-electron chi connectivity index (χ2n) is 20.1. The number of carbonyl (C=O) groups is 8. The van der Waals surface area contributed by atoms with Crippen LogP contribution in [0.3, 0.4) is 0 Å². The lowest BCUT2D eigenvalue weighted by Crippen LogP contribution is -2.63. The second kappa shape index (κ2) is 25.4. The number of methoxy groups -OCH3 is 2. The van der Waals surface area contributed by atoms with Crippen molar-refractivity contribution in [2.75, 3.05) is 39.8 Å². The number of nitrogens with one attached hydrogen (secondary N) is 5. The number of aliphatic hydroxyl groups is 1. The summed E-state index contributed by atoms with van der Waals surface area (Å²) in [6.07, 6.45) is 4.05. The number of fused-ring (bicyclic) bond motifs is 5. The summed E-state index contributed by atoms with van der Waals surface area (Å²) in [5.41, 5.74) is 4.68. The third kappa shape index (κ3) is 14.9. The van der Waals surface area contributed by atoms with Crippen molar-refractivity contribution >= 4 is 64.9 Å². The quantitative estimate of drug-likeness (QED) is 0.0710. The molecule has 4 aliphatic rings. The Labute approximate surface area is 442 Å². The number of esters is 1. The third-order valence-electron chi connectivity index (χ3n) is 14.1. The van der Waals surface area contributed by atoms with Gasteiger partial charge in [-0.2, -0.15) is 0 Å². The molecule has 4 bridgehead atoms. The van der Waals surface area contributed by atoms with E-state index >= 15 is 0 Å². The first-order valence-corrected chi connectivity index (χ1v) is 25.3. The number of hydrogen-bond acceptors (Lipinski definition) is 14. The zero-order chi connectivity index (χ0) is 55.7. The van der Waals surface area contributed by atoms with Crippen LogP contribution in [0.25, 0.3) is 0 Å².